The molecule has 0 aliphatic carbocycles. The van der Waals surface area contributed by atoms with E-state index in [1.165, 1.54) is 18.2 Å². The molecule has 0 bridgehead atoms. The Kier molecular flexibility index (Phi) is 5.04. The summed E-state index contributed by atoms with van der Waals surface area (Å²) in [6, 6.07) is 15.3. The van der Waals surface area contributed by atoms with Crippen LogP contribution in [0.5, 0.6) is 0 Å². The Labute approximate surface area is 144 Å². The van der Waals surface area contributed by atoms with Crippen molar-refractivity contribution in [3.8, 4) is 11.5 Å². The van der Waals surface area contributed by atoms with E-state index in [0.717, 1.165) is 5.56 Å². The van der Waals surface area contributed by atoms with Crippen LogP contribution < -0.4 is 0 Å². The van der Waals surface area contributed by atoms with Crippen LogP contribution >= 0.6 is 0 Å². The minimum atomic E-state index is -0.506. The summed E-state index contributed by atoms with van der Waals surface area (Å²) in [6.07, 6.45) is 2.85. The molecule has 0 saturated heterocycles. The van der Waals surface area contributed by atoms with Crippen molar-refractivity contribution < 1.29 is 18.3 Å². The van der Waals surface area contributed by atoms with E-state index in [9.17, 15) is 9.18 Å². The van der Waals surface area contributed by atoms with Gasteiger partial charge in [-0.25, -0.2) is 14.2 Å². The standard InChI is InChI=1S/C20H16FNO3/c1-14-18(22-20(25-14)16-5-3-2-4-6-16)13-24-19(23)12-9-15-7-10-17(21)11-8-15/h2-12H,13H2,1H3/b12-9+. The van der Waals surface area contributed by atoms with Gasteiger partial charge in [0.15, 0.2) is 0 Å². The second-order valence-corrected chi connectivity index (χ2v) is 5.38. The molecule has 25 heavy (non-hydrogen) atoms. The van der Waals surface area contributed by atoms with Gasteiger partial charge in [-0.15, -0.1) is 0 Å². The second kappa shape index (κ2) is 7.57. The molecule has 0 spiro atoms. The van der Waals surface area contributed by atoms with Crippen molar-refractivity contribution in [2.75, 3.05) is 0 Å². The smallest absolute Gasteiger partial charge is 0.331 e. The first kappa shape index (κ1) is 16.6. The van der Waals surface area contributed by atoms with Crippen LogP contribution in [0.1, 0.15) is 17.0 Å². The lowest BCUT2D eigenvalue weighted by atomic mass is 10.2. The number of hydrogen-bond acceptors (Lipinski definition) is 4. The number of halogens is 1. The van der Waals surface area contributed by atoms with Crippen molar-refractivity contribution in [2.45, 2.75) is 13.5 Å². The third-order valence-electron chi connectivity index (χ3n) is 3.55. The first-order chi connectivity index (χ1) is 12.1. The van der Waals surface area contributed by atoms with Crippen LogP contribution in [0, 0.1) is 12.7 Å². The average molecular weight is 337 g/mol. The lowest BCUT2D eigenvalue weighted by Gasteiger charge is -1.99. The Morgan fingerprint density at radius 3 is 2.60 bits per heavy atom. The topological polar surface area (TPSA) is 52.3 Å². The predicted molar refractivity (Wildman–Crippen MR) is 91.9 cm³/mol. The van der Waals surface area contributed by atoms with Crippen molar-refractivity contribution in [2.24, 2.45) is 0 Å². The van der Waals surface area contributed by atoms with Gasteiger partial charge in [-0.3, -0.25) is 0 Å². The number of hydrogen-bond donors (Lipinski definition) is 0. The number of ether oxygens (including phenoxy) is 1. The van der Waals surface area contributed by atoms with Crippen LogP contribution in [0.2, 0.25) is 0 Å². The van der Waals surface area contributed by atoms with E-state index in [1.807, 2.05) is 30.3 Å². The van der Waals surface area contributed by atoms with Crippen molar-refractivity contribution in [3.63, 3.8) is 0 Å². The molecule has 4 nitrogen and oxygen atoms in total. The van der Waals surface area contributed by atoms with E-state index in [2.05, 4.69) is 4.98 Å². The largest absolute Gasteiger partial charge is 0.456 e. The highest BCUT2D eigenvalue weighted by molar-refractivity contribution is 5.87. The SMILES string of the molecule is Cc1oc(-c2ccccc2)nc1COC(=O)/C=C/c1ccc(F)cc1. The van der Waals surface area contributed by atoms with Crippen LogP contribution in [0.25, 0.3) is 17.5 Å². The van der Waals surface area contributed by atoms with Crippen LogP contribution in [-0.2, 0) is 16.1 Å². The summed E-state index contributed by atoms with van der Waals surface area (Å²) in [6.45, 7) is 1.80. The Balaban J connectivity index is 1.60. The van der Waals surface area contributed by atoms with Crippen LogP contribution in [-0.4, -0.2) is 11.0 Å². The molecule has 0 fully saturated rings. The molecule has 0 aliphatic heterocycles. The molecule has 0 radical (unpaired) electrons. The van der Waals surface area contributed by atoms with Gasteiger partial charge in [0, 0.05) is 11.6 Å². The Bertz CT molecular complexity index is 883. The second-order valence-electron chi connectivity index (χ2n) is 5.38. The van der Waals surface area contributed by atoms with Crippen molar-refractivity contribution in [3.05, 3.63) is 83.5 Å². The lowest BCUT2D eigenvalue weighted by molar-refractivity contribution is -0.139. The van der Waals surface area contributed by atoms with Crippen LogP contribution in [0.3, 0.4) is 0 Å². The highest BCUT2D eigenvalue weighted by Crippen LogP contribution is 2.21. The third kappa shape index (κ3) is 4.41. The number of carbonyl (C=O) groups is 1. The first-order valence-corrected chi connectivity index (χ1v) is 7.74. The molecule has 0 atom stereocenters. The van der Waals surface area contributed by atoms with Crippen molar-refractivity contribution in [1.82, 2.24) is 4.98 Å². The first-order valence-electron chi connectivity index (χ1n) is 7.74. The molecule has 2 aromatic carbocycles. The quantitative estimate of drug-likeness (QED) is 0.506. The average Bonchev–Trinajstić information content (AvgIpc) is 3.01. The van der Waals surface area contributed by atoms with E-state index < -0.39 is 5.97 Å². The molecule has 1 aromatic heterocycles. The lowest BCUT2D eigenvalue weighted by Crippen LogP contribution is -2.02. The number of oxazole rings is 1. The van der Waals surface area contributed by atoms with Gasteiger partial charge >= 0.3 is 5.97 Å². The minimum absolute atomic E-state index is 0.0226. The van der Waals surface area contributed by atoms with E-state index >= 15 is 0 Å². The van der Waals surface area contributed by atoms with Gasteiger partial charge in [-0.1, -0.05) is 30.3 Å². The number of rotatable bonds is 5. The molecule has 3 aromatic rings. The summed E-state index contributed by atoms with van der Waals surface area (Å²) in [5, 5.41) is 0. The van der Waals surface area contributed by atoms with Crippen LogP contribution in [0.15, 0.2) is 65.1 Å². The fourth-order valence-electron chi connectivity index (χ4n) is 2.19. The van der Waals surface area contributed by atoms with Gasteiger partial charge in [0.2, 0.25) is 5.89 Å². The predicted octanol–water partition coefficient (Wildman–Crippen LogP) is 4.55. The molecule has 0 aliphatic rings. The molecule has 3 rings (SSSR count). The third-order valence-corrected chi connectivity index (χ3v) is 3.55. The fraction of sp³-hybridized carbons (Fsp3) is 0.100. The van der Waals surface area contributed by atoms with Crippen molar-refractivity contribution in [1.29, 1.82) is 0 Å². The Hall–Kier alpha value is -3.21. The van der Waals surface area contributed by atoms with E-state index in [1.54, 1.807) is 25.1 Å². The summed E-state index contributed by atoms with van der Waals surface area (Å²) >= 11 is 0. The highest BCUT2D eigenvalue weighted by Gasteiger charge is 2.12. The summed E-state index contributed by atoms with van der Waals surface area (Å²) in [5.41, 5.74) is 2.14. The van der Waals surface area contributed by atoms with E-state index in [-0.39, 0.29) is 12.4 Å². The number of aryl methyl sites for hydroxylation is 1. The van der Waals surface area contributed by atoms with Gasteiger partial charge in [0.05, 0.1) is 0 Å². The molecule has 126 valence electrons. The molecule has 0 unspecified atom stereocenters. The summed E-state index contributed by atoms with van der Waals surface area (Å²) < 4.78 is 23.6. The van der Waals surface area contributed by atoms with E-state index in [0.29, 0.717) is 22.9 Å². The molecule has 1 heterocycles. The summed E-state index contributed by atoms with van der Waals surface area (Å²) in [4.78, 5) is 16.2. The highest BCUT2D eigenvalue weighted by atomic mass is 19.1. The number of carbonyl (C=O) groups excluding carboxylic acids is 1. The van der Waals surface area contributed by atoms with Gasteiger partial charge < -0.3 is 9.15 Å². The maximum Gasteiger partial charge on any atom is 0.331 e. The molecule has 0 amide bonds. The van der Waals surface area contributed by atoms with Crippen LogP contribution in [0.4, 0.5) is 4.39 Å². The summed E-state index contributed by atoms with van der Waals surface area (Å²) in [7, 11) is 0. The maximum atomic E-state index is 12.8. The number of nitrogens with zero attached hydrogens (tertiary/aromatic N) is 1. The van der Waals surface area contributed by atoms with Gasteiger partial charge in [-0.05, 0) is 42.8 Å². The maximum absolute atomic E-state index is 12.8. The van der Waals surface area contributed by atoms with Gasteiger partial charge in [0.1, 0.15) is 23.9 Å². The van der Waals surface area contributed by atoms with Gasteiger partial charge in [-0.2, -0.15) is 0 Å². The number of aromatic nitrogens is 1. The molecular formula is C20H16FNO3. The fourth-order valence-corrected chi connectivity index (χ4v) is 2.19. The normalized spacial score (nSPS) is 11.0. The zero-order valence-corrected chi connectivity index (χ0v) is 13.6. The summed E-state index contributed by atoms with van der Waals surface area (Å²) in [5.74, 6) is 0.267. The zero-order chi connectivity index (χ0) is 17.6. The van der Waals surface area contributed by atoms with Gasteiger partial charge in [0.25, 0.3) is 0 Å². The van der Waals surface area contributed by atoms with Crippen molar-refractivity contribution >= 4 is 12.0 Å². The molecule has 0 saturated carbocycles. The monoisotopic (exact) mass is 337 g/mol. The minimum Gasteiger partial charge on any atom is -0.456 e. The Morgan fingerprint density at radius 1 is 1.16 bits per heavy atom. The zero-order valence-electron chi connectivity index (χ0n) is 13.6. The van der Waals surface area contributed by atoms with E-state index in [4.69, 9.17) is 9.15 Å². The number of esters is 1. The number of benzene rings is 2. The molecule has 5 heteroatoms. The molecular weight excluding hydrogens is 321 g/mol. The molecule has 0 N–H and O–H groups in total. The Morgan fingerprint density at radius 2 is 1.88 bits per heavy atom.